The second-order valence-electron chi connectivity index (χ2n) is 5.45. The highest BCUT2D eigenvalue weighted by molar-refractivity contribution is 5.93. The largest absolute Gasteiger partial charge is 0.419 e. The number of aldehydes is 1. The van der Waals surface area contributed by atoms with Crippen LogP contribution in [0.5, 0.6) is 11.5 Å². The van der Waals surface area contributed by atoms with E-state index in [4.69, 9.17) is 9.47 Å². The molecule has 0 amide bonds. The zero-order chi connectivity index (χ0) is 19.2. The quantitative estimate of drug-likeness (QED) is 0.388. The maximum absolute atomic E-state index is 14.0. The number of esters is 2. The van der Waals surface area contributed by atoms with Crippen molar-refractivity contribution in [2.24, 2.45) is 0 Å². The summed E-state index contributed by atoms with van der Waals surface area (Å²) in [7, 11) is 0. The third-order valence-corrected chi connectivity index (χ3v) is 3.61. The highest BCUT2D eigenvalue weighted by Crippen LogP contribution is 2.31. The highest BCUT2D eigenvalue weighted by atomic mass is 19.1. The van der Waals surface area contributed by atoms with Crippen LogP contribution in [-0.2, 0) is 0 Å². The fourth-order valence-corrected chi connectivity index (χ4v) is 2.27. The van der Waals surface area contributed by atoms with Crippen molar-refractivity contribution in [1.29, 1.82) is 0 Å². The molecule has 0 saturated heterocycles. The Hall–Kier alpha value is -3.80. The first-order valence-corrected chi connectivity index (χ1v) is 7.91. The lowest BCUT2D eigenvalue weighted by atomic mass is 10.2. The zero-order valence-electron chi connectivity index (χ0n) is 13.9. The molecule has 0 aliphatic heterocycles. The fourth-order valence-electron chi connectivity index (χ4n) is 2.27. The van der Waals surface area contributed by atoms with Crippen molar-refractivity contribution in [2.45, 2.75) is 0 Å². The van der Waals surface area contributed by atoms with Crippen molar-refractivity contribution < 1.29 is 28.2 Å². The number of rotatable bonds is 5. The molecule has 0 aromatic heterocycles. The van der Waals surface area contributed by atoms with E-state index in [9.17, 15) is 18.8 Å². The number of carbonyl (C=O) groups is 3. The summed E-state index contributed by atoms with van der Waals surface area (Å²) in [6.07, 6.45) is 0.276. The smallest absolute Gasteiger partial charge is 0.343 e. The molecule has 0 unspecified atom stereocenters. The Kier molecular flexibility index (Phi) is 5.37. The predicted molar refractivity (Wildman–Crippen MR) is 94.6 cm³/mol. The molecule has 6 heteroatoms. The van der Waals surface area contributed by atoms with E-state index < -0.39 is 17.8 Å². The number of hydrogen-bond acceptors (Lipinski definition) is 5. The van der Waals surface area contributed by atoms with Crippen molar-refractivity contribution in [3.63, 3.8) is 0 Å². The summed E-state index contributed by atoms with van der Waals surface area (Å²) in [5, 5.41) is 0. The molecule has 0 fully saturated rings. The van der Waals surface area contributed by atoms with Gasteiger partial charge in [-0.05, 0) is 30.3 Å². The minimum Gasteiger partial charge on any atom is -0.419 e. The maximum atomic E-state index is 14.0. The molecule has 0 N–H and O–H groups in total. The normalized spacial score (nSPS) is 10.1. The summed E-state index contributed by atoms with van der Waals surface area (Å²) in [6, 6.07) is 18.0. The van der Waals surface area contributed by atoms with Gasteiger partial charge in [0.1, 0.15) is 5.82 Å². The monoisotopic (exact) mass is 364 g/mol. The third kappa shape index (κ3) is 4.24. The molecule has 27 heavy (non-hydrogen) atoms. The molecule has 0 bridgehead atoms. The summed E-state index contributed by atoms with van der Waals surface area (Å²) in [5.41, 5.74) is 0.151. The minimum atomic E-state index is -0.902. The Bertz CT molecular complexity index is 984. The topological polar surface area (TPSA) is 69.7 Å². The number of hydrogen-bond donors (Lipinski definition) is 0. The lowest BCUT2D eigenvalue weighted by molar-refractivity contribution is 0.0681. The molecule has 0 spiro atoms. The van der Waals surface area contributed by atoms with Gasteiger partial charge < -0.3 is 9.47 Å². The molecule has 5 nitrogen and oxygen atoms in total. The van der Waals surface area contributed by atoms with Gasteiger partial charge in [-0.2, -0.15) is 0 Å². The number of halogens is 1. The molecule has 0 heterocycles. The molecule has 0 aliphatic carbocycles. The van der Waals surface area contributed by atoms with Gasteiger partial charge in [-0.25, -0.2) is 14.0 Å². The molecule has 3 rings (SSSR count). The lowest BCUT2D eigenvalue weighted by Gasteiger charge is -2.12. The van der Waals surface area contributed by atoms with Crippen LogP contribution in [0, 0.1) is 5.82 Å². The molecule has 0 radical (unpaired) electrons. The Morgan fingerprint density at radius 3 is 1.63 bits per heavy atom. The average molecular weight is 364 g/mol. The van der Waals surface area contributed by atoms with E-state index in [1.54, 1.807) is 36.4 Å². The van der Waals surface area contributed by atoms with E-state index in [2.05, 4.69) is 0 Å². The Morgan fingerprint density at radius 1 is 0.741 bits per heavy atom. The molecule has 3 aromatic carbocycles. The fraction of sp³-hybridized carbons (Fsp3) is 0. The summed E-state index contributed by atoms with van der Waals surface area (Å²) in [5.74, 6) is -2.95. The van der Waals surface area contributed by atoms with Crippen LogP contribution in [0.25, 0.3) is 0 Å². The van der Waals surface area contributed by atoms with Gasteiger partial charge in [-0.3, -0.25) is 4.79 Å². The van der Waals surface area contributed by atoms with Crippen molar-refractivity contribution in [3.8, 4) is 11.5 Å². The van der Waals surface area contributed by atoms with Gasteiger partial charge in [0.15, 0.2) is 17.8 Å². The van der Waals surface area contributed by atoms with Crippen molar-refractivity contribution >= 4 is 18.2 Å². The van der Waals surface area contributed by atoms with Gasteiger partial charge >= 0.3 is 11.9 Å². The van der Waals surface area contributed by atoms with Gasteiger partial charge in [0, 0.05) is 6.07 Å². The number of benzene rings is 3. The van der Waals surface area contributed by atoms with Crippen LogP contribution in [0.1, 0.15) is 31.1 Å². The van der Waals surface area contributed by atoms with E-state index in [1.165, 1.54) is 24.3 Å². The first kappa shape index (κ1) is 18.0. The van der Waals surface area contributed by atoms with Crippen molar-refractivity contribution in [2.75, 3.05) is 0 Å². The number of ether oxygens (including phenoxy) is 2. The Balaban J connectivity index is 1.93. The first-order valence-electron chi connectivity index (χ1n) is 7.91. The Labute approximate surface area is 154 Å². The van der Waals surface area contributed by atoms with E-state index in [0.717, 1.165) is 12.1 Å². The zero-order valence-corrected chi connectivity index (χ0v) is 13.9. The van der Waals surface area contributed by atoms with Crippen LogP contribution in [-0.4, -0.2) is 18.2 Å². The molecule has 0 aliphatic rings. The molecule has 0 saturated carbocycles. The second kappa shape index (κ2) is 8.05. The first-order chi connectivity index (χ1) is 13.1. The Morgan fingerprint density at radius 2 is 1.19 bits per heavy atom. The SMILES string of the molecule is O=Cc1cc(OC(=O)c2ccccc2)c(OC(=O)c2ccccc2)cc1F. The van der Waals surface area contributed by atoms with Gasteiger partial charge in [0.25, 0.3) is 0 Å². The molecular weight excluding hydrogens is 351 g/mol. The second-order valence-corrected chi connectivity index (χ2v) is 5.45. The van der Waals surface area contributed by atoms with Gasteiger partial charge in [0.2, 0.25) is 0 Å². The van der Waals surface area contributed by atoms with Crippen LogP contribution in [0.3, 0.4) is 0 Å². The predicted octanol–water partition coefficient (Wildman–Crippen LogP) is 4.08. The van der Waals surface area contributed by atoms with E-state index in [0.29, 0.717) is 0 Å². The van der Waals surface area contributed by atoms with E-state index >= 15 is 0 Å². The number of carbonyl (C=O) groups excluding carboxylic acids is 3. The van der Waals surface area contributed by atoms with Crippen LogP contribution in [0.4, 0.5) is 4.39 Å². The van der Waals surface area contributed by atoms with Gasteiger partial charge in [-0.15, -0.1) is 0 Å². The average Bonchev–Trinajstić information content (AvgIpc) is 2.71. The third-order valence-electron chi connectivity index (χ3n) is 3.61. The molecule has 3 aromatic rings. The van der Waals surface area contributed by atoms with Crippen LogP contribution < -0.4 is 9.47 Å². The van der Waals surface area contributed by atoms with Gasteiger partial charge in [0.05, 0.1) is 16.7 Å². The van der Waals surface area contributed by atoms with Crippen molar-refractivity contribution in [3.05, 3.63) is 95.3 Å². The minimum absolute atomic E-state index is 0.234. The summed E-state index contributed by atoms with van der Waals surface area (Å²) in [4.78, 5) is 35.5. The van der Waals surface area contributed by atoms with E-state index in [1.807, 2.05) is 0 Å². The van der Waals surface area contributed by atoms with Crippen LogP contribution >= 0.6 is 0 Å². The summed E-state index contributed by atoms with van der Waals surface area (Å²) < 4.78 is 24.4. The molecule has 0 atom stereocenters. The van der Waals surface area contributed by atoms with Crippen LogP contribution in [0.2, 0.25) is 0 Å². The molecular formula is C21H13FO5. The summed E-state index contributed by atoms with van der Waals surface area (Å²) in [6.45, 7) is 0. The van der Waals surface area contributed by atoms with Gasteiger partial charge in [-0.1, -0.05) is 36.4 Å². The van der Waals surface area contributed by atoms with E-state index in [-0.39, 0.29) is 34.5 Å². The van der Waals surface area contributed by atoms with Crippen molar-refractivity contribution in [1.82, 2.24) is 0 Å². The highest BCUT2D eigenvalue weighted by Gasteiger charge is 2.19. The van der Waals surface area contributed by atoms with Crippen LogP contribution in [0.15, 0.2) is 72.8 Å². The maximum Gasteiger partial charge on any atom is 0.343 e. The standard InChI is InChI=1S/C21H13FO5/c22-17-12-19(27-21(25)15-9-5-2-6-10-15)18(11-16(17)13-23)26-20(24)14-7-3-1-4-8-14/h1-13H. The summed E-state index contributed by atoms with van der Waals surface area (Å²) >= 11 is 0. The lowest BCUT2D eigenvalue weighted by Crippen LogP contribution is -2.13. The molecule has 134 valence electrons.